The van der Waals surface area contributed by atoms with E-state index in [0.29, 0.717) is 6.61 Å². The van der Waals surface area contributed by atoms with Crippen LogP contribution in [-0.4, -0.2) is 18.6 Å². The van der Waals surface area contributed by atoms with Crippen LogP contribution in [-0.2, 0) is 22.4 Å². The molecule has 1 heterocycles. The van der Waals surface area contributed by atoms with Gasteiger partial charge >= 0.3 is 0 Å². The number of thioether (sulfide) groups is 1. The number of amides is 1. The van der Waals surface area contributed by atoms with Gasteiger partial charge in [0.25, 0.3) is 0 Å². The zero-order chi connectivity index (χ0) is 16.1. The molecule has 0 aromatic heterocycles. The fourth-order valence-corrected chi connectivity index (χ4v) is 3.37. The topological polar surface area (TPSA) is 62.1 Å². The zero-order valence-corrected chi connectivity index (χ0v) is 14.1. The molecule has 1 aromatic carbocycles. The summed E-state index contributed by atoms with van der Waals surface area (Å²) in [5, 5.41) is 14.1. The molecule has 1 N–H and O–H groups in total. The molecular weight excluding hydrogens is 296 g/mol. The SMILES string of the molecule is CCc1cc(SC#N)cc(CC)c1NC(=O)[C@H]1CCO[C@@H]1C. The van der Waals surface area contributed by atoms with Gasteiger partial charge in [-0.1, -0.05) is 13.8 Å². The largest absolute Gasteiger partial charge is 0.378 e. The van der Waals surface area contributed by atoms with Crippen molar-refractivity contribution in [2.45, 2.75) is 51.0 Å². The predicted octanol–water partition coefficient (Wildman–Crippen LogP) is 3.75. The van der Waals surface area contributed by atoms with Gasteiger partial charge in [0.15, 0.2) is 0 Å². The molecule has 0 bridgehead atoms. The van der Waals surface area contributed by atoms with Crippen LogP contribution < -0.4 is 5.32 Å². The summed E-state index contributed by atoms with van der Waals surface area (Å²) in [5.41, 5.74) is 3.07. The van der Waals surface area contributed by atoms with Crippen molar-refractivity contribution in [3.8, 4) is 5.40 Å². The van der Waals surface area contributed by atoms with Crippen molar-refractivity contribution >= 4 is 23.4 Å². The standard InChI is InChI=1S/C17H22N2O2S/c1-4-12-8-14(22-10-18)9-13(5-2)16(12)19-17(20)15-6-7-21-11(15)3/h8-9,11,15H,4-7H2,1-3H3,(H,19,20)/t11-,15+/m1/s1. The Morgan fingerprint density at radius 3 is 2.50 bits per heavy atom. The highest BCUT2D eigenvalue weighted by atomic mass is 32.2. The molecule has 22 heavy (non-hydrogen) atoms. The summed E-state index contributed by atoms with van der Waals surface area (Å²) in [5.74, 6) is -0.0438. The number of nitrogens with one attached hydrogen (secondary N) is 1. The van der Waals surface area contributed by atoms with E-state index in [0.717, 1.165) is 52.7 Å². The van der Waals surface area contributed by atoms with Crippen LogP contribution in [0.5, 0.6) is 0 Å². The van der Waals surface area contributed by atoms with Gasteiger partial charge < -0.3 is 10.1 Å². The van der Waals surface area contributed by atoms with Crippen LogP contribution in [0.3, 0.4) is 0 Å². The molecule has 1 amide bonds. The van der Waals surface area contributed by atoms with Gasteiger partial charge in [-0.3, -0.25) is 4.79 Å². The molecule has 5 heteroatoms. The minimum Gasteiger partial charge on any atom is -0.378 e. The second-order valence-electron chi connectivity index (χ2n) is 5.48. The number of aryl methyl sites for hydroxylation is 2. The monoisotopic (exact) mass is 318 g/mol. The van der Waals surface area contributed by atoms with E-state index in [2.05, 4.69) is 24.6 Å². The Hall–Kier alpha value is -1.51. The number of hydrogen-bond donors (Lipinski definition) is 1. The maximum atomic E-state index is 12.5. The van der Waals surface area contributed by atoms with Crippen LogP contribution in [0.15, 0.2) is 17.0 Å². The minimum atomic E-state index is -0.0810. The van der Waals surface area contributed by atoms with Crippen LogP contribution in [0.4, 0.5) is 5.69 Å². The number of hydrogen-bond acceptors (Lipinski definition) is 4. The molecule has 0 aliphatic carbocycles. The van der Waals surface area contributed by atoms with Gasteiger partial charge in [-0.2, -0.15) is 5.26 Å². The fraction of sp³-hybridized carbons (Fsp3) is 0.529. The van der Waals surface area contributed by atoms with E-state index < -0.39 is 0 Å². The Balaban J connectivity index is 2.29. The maximum Gasteiger partial charge on any atom is 0.230 e. The van der Waals surface area contributed by atoms with Gasteiger partial charge in [0.2, 0.25) is 5.91 Å². The van der Waals surface area contributed by atoms with E-state index in [-0.39, 0.29) is 17.9 Å². The first-order valence-electron chi connectivity index (χ1n) is 7.74. The van der Waals surface area contributed by atoms with E-state index in [4.69, 9.17) is 10.00 Å². The number of carbonyl (C=O) groups excluding carboxylic acids is 1. The molecule has 2 atom stereocenters. The normalized spacial score (nSPS) is 20.6. The smallest absolute Gasteiger partial charge is 0.230 e. The van der Waals surface area contributed by atoms with Crippen molar-refractivity contribution in [1.82, 2.24) is 0 Å². The Bertz CT molecular complexity index is 570. The molecule has 1 aromatic rings. The van der Waals surface area contributed by atoms with Crippen molar-refractivity contribution in [2.75, 3.05) is 11.9 Å². The molecule has 1 saturated heterocycles. The van der Waals surface area contributed by atoms with Gasteiger partial charge in [-0.15, -0.1) is 0 Å². The molecule has 1 fully saturated rings. The fourth-order valence-electron chi connectivity index (χ4n) is 2.86. The summed E-state index contributed by atoms with van der Waals surface area (Å²) < 4.78 is 5.49. The molecule has 1 aliphatic rings. The highest BCUT2D eigenvalue weighted by Crippen LogP contribution is 2.31. The van der Waals surface area contributed by atoms with E-state index in [1.165, 1.54) is 0 Å². The lowest BCUT2D eigenvalue weighted by Gasteiger charge is -2.19. The Labute approximate surface area is 136 Å². The molecular formula is C17H22N2O2S. The van der Waals surface area contributed by atoms with Crippen LogP contribution in [0.25, 0.3) is 0 Å². The van der Waals surface area contributed by atoms with Crippen LogP contribution >= 0.6 is 11.8 Å². The molecule has 0 radical (unpaired) electrons. The van der Waals surface area contributed by atoms with E-state index in [1.54, 1.807) is 0 Å². The lowest BCUT2D eigenvalue weighted by Crippen LogP contribution is -2.28. The van der Waals surface area contributed by atoms with Crippen molar-refractivity contribution < 1.29 is 9.53 Å². The number of nitrogens with zero attached hydrogens (tertiary/aromatic N) is 1. The van der Waals surface area contributed by atoms with Crippen LogP contribution in [0, 0.1) is 16.6 Å². The molecule has 0 saturated carbocycles. The minimum absolute atomic E-state index is 0.0245. The van der Waals surface area contributed by atoms with Gasteiger partial charge in [0.05, 0.1) is 12.0 Å². The van der Waals surface area contributed by atoms with Crippen LogP contribution in [0.2, 0.25) is 0 Å². The Morgan fingerprint density at radius 1 is 1.41 bits per heavy atom. The third kappa shape index (κ3) is 3.63. The molecule has 1 aliphatic heterocycles. The van der Waals surface area contributed by atoms with E-state index in [1.807, 2.05) is 19.1 Å². The summed E-state index contributed by atoms with van der Waals surface area (Å²) in [7, 11) is 0. The highest BCUT2D eigenvalue weighted by molar-refractivity contribution is 8.03. The van der Waals surface area contributed by atoms with Gasteiger partial charge in [0.1, 0.15) is 5.40 Å². The first-order valence-corrected chi connectivity index (χ1v) is 8.56. The number of anilines is 1. The lowest BCUT2D eigenvalue weighted by molar-refractivity contribution is -0.121. The number of nitriles is 1. The molecule has 4 nitrogen and oxygen atoms in total. The zero-order valence-electron chi connectivity index (χ0n) is 13.3. The van der Waals surface area contributed by atoms with Crippen molar-refractivity contribution in [3.05, 3.63) is 23.3 Å². The third-order valence-electron chi connectivity index (χ3n) is 4.16. The number of thiocyanates is 1. The molecule has 0 spiro atoms. The van der Waals surface area contributed by atoms with E-state index >= 15 is 0 Å². The summed E-state index contributed by atoms with van der Waals surface area (Å²) >= 11 is 1.16. The number of ether oxygens (including phenoxy) is 1. The lowest BCUT2D eigenvalue weighted by atomic mass is 9.99. The molecule has 0 unspecified atom stereocenters. The molecule has 2 rings (SSSR count). The Kier molecular flexibility index (Phi) is 5.87. The first-order chi connectivity index (χ1) is 10.6. The molecule has 118 valence electrons. The van der Waals surface area contributed by atoms with Gasteiger partial charge in [-0.25, -0.2) is 0 Å². The second-order valence-corrected chi connectivity index (χ2v) is 6.34. The number of rotatable bonds is 5. The summed E-state index contributed by atoms with van der Waals surface area (Å²) in [6.45, 7) is 6.72. The van der Waals surface area contributed by atoms with Crippen molar-refractivity contribution in [3.63, 3.8) is 0 Å². The quantitative estimate of drug-likeness (QED) is 0.663. The summed E-state index contributed by atoms with van der Waals surface area (Å²) in [4.78, 5) is 13.5. The highest BCUT2D eigenvalue weighted by Gasteiger charge is 2.31. The second kappa shape index (κ2) is 7.66. The van der Waals surface area contributed by atoms with E-state index in [9.17, 15) is 4.79 Å². The van der Waals surface area contributed by atoms with Gasteiger partial charge in [0, 0.05) is 17.2 Å². The average Bonchev–Trinajstić information content (AvgIpc) is 2.94. The maximum absolute atomic E-state index is 12.5. The summed E-state index contributed by atoms with van der Waals surface area (Å²) in [6.07, 6.45) is 2.39. The number of carbonyl (C=O) groups is 1. The Morgan fingerprint density at radius 2 is 2.05 bits per heavy atom. The predicted molar refractivity (Wildman–Crippen MR) is 88.8 cm³/mol. The van der Waals surface area contributed by atoms with Crippen LogP contribution in [0.1, 0.15) is 38.3 Å². The van der Waals surface area contributed by atoms with Crippen molar-refractivity contribution in [2.24, 2.45) is 5.92 Å². The van der Waals surface area contributed by atoms with Crippen molar-refractivity contribution in [1.29, 1.82) is 5.26 Å². The van der Waals surface area contributed by atoms with Gasteiger partial charge in [-0.05, 0) is 61.2 Å². The third-order valence-corrected chi connectivity index (χ3v) is 4.72. The average molecular weight is 318 g/mol. The number of benzene rings is 1. The first kappa shape index (κ1) is 16.9. The summed E-state index contributed by atoms with van der Waals surface area (Å²) in [6, 6.07) is 3.99.